The van der Waals surface area contributed by atoms with Crippen LogP contribution in [0.25, 0.3) is 11.6 Å². The summed E-state index contributed by atoms with van der Waals surface area (Å²) in [7, 11) is 1.50. The van der Waals surface area contributed by atoms with Gasteiger partial charge in [-0.2, -0.15) is 0 Å². The number of amides is 1. The van der Waals surface area contributed by atoms with Crippen LogP contribution in [-0.2, 0) is 19.2 Å². The highest BCUT2D eigenvalue weighted by atomic mass is 16.5. The predicted octanol–water partition coefficient (Wildman–Crippen LogP) is 0.304. The number of aliphatic hydroxyl groups excluding tert-OH is 1. The van der Waals surface area contributed by atoms with Gasteiger partial charge in [-0.05, 0) is 34.9 Å². The van der Waals surface area contributed by atoms with Crippen molar-refractivity contribution in [1.82, 2.24) is 0 Å². The number of fused-ring (bicyclic) bond motifs is 3. The summed E-state index contributed by atoms with van der Waals surface area (Å²) in [6, 6.07) is 11.1. The minimum Gasteiger partial charge on any atom is -0.507 e. The first-order valence-electron chi connectivity index (χ1n) is 11.6. The van der Waals surface area contributed by atoms with Crippen LogP contribution in [0, 0.1) is 23.7 Å². The van der Waals surface area contributed by atoms with E-state index in [1.54, 1.807) is 36.4 Å². The number of carbonyl (C=O) groups is 5. The largest absolute Gasteiger partial charge is 0.507 e. The third-order valence-electron chi connectivity index (χ3n) is 7.68. The highest BCUT2D eigenvalue weighted by Gasteiger charge is 2.69. The Morgan fingerprint density at radius 3 is 2.38 bits per heavy atom. The van der Waals surface area contributed by atoms with E-state index in [4.69, 9.17) is 10.5 Å². The van der Waals surface area contributed by atoms with Gasteiger partial charge in [0.25, 0.3) is 0 Å². The lowest BCUT2D eigenvalue weighted by atomic mass is 9.51. The second kappa shape index (κ2) is 8.46. The molecule has 5 N–H and O–H groups in total. The molecule has 2 saturated carbocycles. The van der Waals surface area contributed by atoms with E-state index in [-0.39, 0.29) is 11.1 Å². The maximum atomic E-state index is 13.8. The SMILES string of the molecule is COc1ccc(C=C2c3cccc(O)c3C(=O)C3C(=O)C4(O)C(=O)C(C(N)=O)C(=O)CC4C(O)C23)cc1. The fourth-order valence-electron chi connectivity index (χ4n) is 5.91. The minimum atomic E-state index is -2.98. The maximum absolute atomic E-state index is 13.8. The van der Waals surface area contributed by atoms with Crippen molar-refractivity contribution < 1.29 is 44.0 Å². The van der Waals surface area contributed by atoms with Crippen molar-refractivity contribution in [2.24, 2.45) is 29.4 Å². The molecule has 5 rings (SSSR count). The van der Waals surface area contributed by atoms with Gasteiger partial charge in [-0.3, -0.25) is 24.0 Å². The fourth-order valence-corrected chi connectivity index (χ4v) is 5.91. The molecule has 10 nitrogen and oxygen atoms in total. The summed E-state index contributed by atoms with van der Waals surface area (Å²) in [4.78, 5) is 64.9. The molecule has 0 aliphatic heterocycles. The zero-order chi connectivity index (χ0) is 26.8. The molecule has 0 bridgehead atoms. The van der Waals surface area contributed by atoms with E-state index in [0.717, 1.165) is 0 Å². The molecule has 37 heavy (non-hydrogen) atoms. The number of ketones is 4. The Morgan fingerprint density at radius 1 is 1.08 bits per heavy atom. The van der Waals surface area contributed by atoms with E-state index in [1.807, 2.05) is 0 Å². The number of aliphatic hydroxyl groups is 2. The van der Waals surface area contributed by atoms with Crippen LogP contribution in [0.5, 0.6) is 11.5 Å². The molecule has 0 heterocycles. The standard InChI is InChI=1S/C27H23NO9/c1-37-12-7-5-11(6-8-12)9-14-13-3-2-4-16(29)18(13)23(32)21-19(14)22(31)15-10-17(30)20(26(28)35)24(33)27(15,36)25(21)34/h2-9,15,19-22,29,31,36H,10H2,1H3,(H2,28,35). The summed E-state index contributed by atoms with van der Waals surface area (Å²) in [5.41, 5.74) is 3.21. The molecule has 0 aromatic heterocycles. The fraction of sp³-hybridized carbons (Fsp3) is 0.296. The highest BCUT2D eigenvalue weighted by Crippen LogP contribution is 2.54. The molecule has 2 aromatic carbocycles. The molecule has 1 amide bonds. The zero-order valence-electron chi connectivity index (χ0n) is 19.6. The number of ether oxygens (including phenoxy) is 1. The molecule has 6 unspecified atom stereocenters. The molecule has 6 atom stereocenters. The molecule has 2 aromatic rings. The van der Waals surface area contributed by atoms with Crippen molar-refractivity contribution in [3.63, 3.8) is 0 Å². The Kier molecular flexibility index (Phi) is 5.61. The molecular weight excluding hydrogens is 482 g/mol. The number of carbonyl (C=O) groups excluding carboxylic acids is 5. The van der Waals surface area contributed by atoms with Gasteiger partial charge in [0, 0.05) is 18.3 Å². The summed E-state index contributed by atoms with van der Waals surface area (Å²) < 4.78 is 5.17. The number of benzene rings is 2. The van der Waals surface area contributed by atoms with Crippen molar-refractivity contribution >= 4 is 40.7 Å². The van der Waals surface area contributed by atoms with Crippen molar-refractivity contribution in [1.29, 1.82) is 0 Å². The van der Waals surface area contributed by atoms with Gasteiger partial charge in [0.2, 0.25) is 5.91 Å². The predicted molar refractivity (Wildman–Crippen MR) is 127 cm³/mol. The molecular formula is C27H23NO9. The lowest BCUT2D eigenvalue weighted by Gasteiger charge is -2.51. The molecule has 10 heteroatoms. The molecule has 2 fully saturated rings. The number of nitrogens with two attached hydrogens (primary N) is 1. The van der Waals surface area contributed by atoms with Crippen LogP contribution in [0.4, 0.5) is 0 Å². The van der Waals surface area contributed by atoms with Crippen LogP contribution in [0.1, 0.15) is 27.9 Å². The topological polar surface area (TPSA) is 181 Å². The summed E-state index contributed by atoms with van der Waals surface area (Å²) in [6.45, 7) is 0. The summed E-state index contributed by atoms with van der Waals surface area (Å²) in [6.07, 6.45) is -0.733. The number of aromatic hydroxyl groups is 1. The van der Waals surface area contributed by atoms with Crippen molar-refractivity contribution in [2.75, 3.05) is 7.11 Å². The first-order valence-corrected chi connectivity index (χ1v) is 11.6. The molecule has 0 radical (unpaired) electrons. The Bertz CT molecular complexity index is 1410. The number of rotatable bonds is 3. The van der Waals surface area contributed by atoms with E-state index < -0.39 is 76.6 Å². The monoisotopic (exact) mass is 505 g/mol. The average molecular weight is 505 g/mol. The van der Waals surface area contributed by atoms with Gasteiger partial charge in [-0.15, -0.1) is 0 Å². The Hall–Kier alpha value is -4.15. The summed E-state index contributed by atoms with van der Waals surface area (Å²) in [5.74, 6) is -12.3. The van der Waals surface area contributed by atoms with Gasteiger partial charge >= 0.3 is 0 Å². The molecule has 3 aliphatic rings. The average Bonchev–Trinajstić information content (AvgIpc) is 2.86. The van der Waals surface area contributed by atoms with Gasteiger partial charge in [0.1, 0.15) is 11.5 Å². The third kappa shape index (κ3) is 3.36. The van der Waals surface area contributed by atoms with E-state index in [0.29, 0.717) is 16.9 Å². The second-order valence-corrected chi connectivity index (χ2v) is 9.54. The van der Waals surface area contributed by atoms with Crippen LogP contribution < -0.4 is 10.5 Å². The van der Waals surface area contributed by atoms with Gasteiger partial charge in [0.05, 0.1) is 24.7 Å². The zero-order valence-corrected chi connectivity index (χ0v) is 19.6. The van der Waals surface area contributed by atoms with Gasteiger partial charge in [-0.25, -0.2) is 0 Å². The van der Waals surface area contributed by atoms with Crippen LogP contribution in [-0.4, -0.2) is 63.2 Å². The lowest BCUT2D eigenvalue weighted by Crippen LogP contribution is -2.72. The van der Waals surface area contributed by atoms with Gasteiger partial charge in [0.15, 0.2) is 34.7 Å². The van der Waals surface area contributed by atoms with Gasteiger partial charge < -0.3 is 25.8 Å². The second-order valence-electron chi connectivity index (χ2n) is 9.54. The number of hydrogen-bond donors (Lipinski definition) is 4. The number of primary amides is 1. The van der Waals surface area contributed by atoms with E-state index in [1.165, 1.54) is 19.2 Å². The quantitative estimate of drug-likeness (QED) is 0.427. The van der Waals surface area contributed by atoms with Crippen LogP contribution in [0.15, 0.2) is 42.5 Å². The summed E-state index contributed by atoms with van der Waals surface area (Å²) in [5, 5.41) is 33.4. The molecule has 190 valence electrons. The Morgan fingerprint density at radius 2 is 1.76 bits per heavy atom. The highest BCUT2D eigenvalue weighted by molar-refractivity contribution is 6.32. The molecule has 0 saturated heterocycles. The lowest BCUT2D eigenvalue weighted by molar-refractivity contribution is -0.185. The van der Waals surface area contributed by atoms with Crippen molar-refractivity contribution in [2.45, 2.75) is 18.1 Å². The number of hydrogen-bond acceptors (Lipinski definition) is 9. The smallest absolute Gasteiger partial charge is 0.235 e. The Balaban J connectivity index is 1.73. The van der Waals surface area contributed by atoms with Crippen LogP contribution in [0.2, 0.25) is 0 Å². The van der Waals surface area contributed by atoms with Crippen molar-refractivity contribution in [3.8, 4) is 11.5 Å². The number of phenolic OH excluding ortho intramolecular Hbond substituents is 1. The first-order chi connectivity index (χ1) is 17.5. The normalized spacial score (nSPS) is 32.0. The molecule has 3 aliphatic carbocycles. The van der Waals surface area contributed by atoms with E-state index in [9.17, 15) is 39.3 Å². The number of Topliss-reactive ketones (excluding diaryl/α,β-unsaturated/α-hetero) is 4. The summed E-state index contributed by atoms with van der Waals surface area (Å²) >= 11 is 0. The van der Waals surface area contributed by atoms with E-state index in [2.05, 4.69) is 0 Å². The number of phenols is 1. The van der Waals surface area contributed by atoms with Crippen LogP contribution >= 0.6 is 0 Å². The Labute approximate surface area is 210 Å². The van der Waals surface area contributed by atoms with Crippen LogP contribution in [0.3, 0.4) is 0 Å². The number of methoxy groups -OCH3 is 1. The maximum Gasteiger partial charge on any atom is 0.235 e. The van der Waals surface area contributed by atoms with Crippen molar-refractivity contribution in [3.05, 3.63) is 59.2 Å². The third-order valence-corrected chi connectivity index (χ3v) is 7.68. The first kappa shape index (κ1) is 24.5. The van der Waals surface area contributed by atoms with E-state index >= 15 is 0 Å². The van der Waals surface area contributed by atoms with Gasteiger partial charge in [-0.1, -0.05) is 30.3 Å². The minimum absolute atomic E-state index is 0.197. The molecule has 0 spiro atoms.